The van der Waals surface area contributed by atoms with Crippen LogP contribution in [-0.4, -0.2) is 4.98 Å². The third kappa shape index (κ3) is 2.41. The van der Waals surface area contributed by atoms with Gasteiger partial charge in [-0.1, -0.05) is 18.2 Å². The van der Waals surface area contributed by atoms with Gasteiger partial charge in [-0.3, -0.25) is 4.98 Å². The van der Waals surface area contributed by atoms with Crippen LogP contribution in [0, 0.1) is 13.8 Å². The highest BCUT2D eigenvalue weighted by molar-refractivity contribution is 7.12. The monoisotopic (exact) mass is 282 g/mol. The lowest BCUT2D eigenvalue weighted by atomic mass is 10.1. The fourth-order valence-electron chi connectivity index (χ4n) is 2.61. The van der Waals surface area contributed by atoms with E-state index in [0.717, 1.165) is 11.2 Å². The molecule has 0 saturated heterocycles. The summed E-state index contributed by atoms with van der Waals surface area (Å²) in [6.07, 6.45) is 1.86. The summed E-state index contributed by atoms with van der Waals surface area (Å²) in [6, 6.07) is 12.9. The number of para-hydroxylation sites is 1. The van der Waals surface area contributed by atoms with Gasteiger partial charge >= 0.3 is 0 Å². The zero-order valence-electron chi connectivity index (χ0n) is 12.0. The molecule has 0 bridgehead atoms. The molecule has 0 aliphatic carbocycles. The van der Waals surface area contributed by atoms with E-state index in [0.29, 0.717) is 6.04 Å². The molecule has 0 spiro atoms. The smallest absolute Gasteiger partial charge is 0.0722 e. The van der Waals surface area contributed by atoms with Gasteiger partial charge < -0.3 is 5.32 Å². The Morgan fingerprint density at radius 3 is 2.70 bits per heavy atom. The largest absolute Gasteiger partial charge is 0.378 e. The van der Waals surface area contributed by atoms with Crippen molar-refractivity contribution in [3.63, 3.8) is 0 Å². The van der Waals surface area contributed by atoms with Crippen LogP contribution in [0.1, 0.15) is 28.3 Å². The van der Waals surface area contributed by atoms with Gasteiger partial charge in [-0.25, -0.2) is 0 Å². The second-order valence-electron chi connectivity index (χ2n) is 5.11. The Bertz CT molecular complexity index is 740. The number of pyridine rings is 1. The minimum atomic E-state index is 0.297. The van der Waals surface area contributed by atoms with E-state index in [-0.39, 0.29) is 0 Å². The number of anilines is 1. The van der Waals surface area contributed by atoms with Crippen LogP contribution < -0.4 is 5.32 Å². The summed E-state index contributed by atoms with van der Waals surface area (Å²) in [6.45, 7) is 6.56. The van der Waals surface area contributed by atoms with E-state index < -0.39 is 0 Å². The van der Waals surface area contributed by atoms with Crippen molar-refractivity contribution in [2.24, 2.45) is 0 Å². The fourth-order valence-corrected chi connectivity index (χ4v) is 3.64. The number of aromatic nitrogens is 1. The second kappa shape index (κ2) is 5.25. The molecule has 1 N–H and O–H groups in total. The molecule has 1 unspecified atom stereocenters. The summed E-state index contributed by atoms with van der Waals surface area (Å²) in [5, 5.41) is 4.79. The molecule has 3 aromatic rings. The summed E-state index contributed by atoms with van der Waals surface area (Å²) in [5.74, 6) is 0. The van der Waals surface area contributed by atoms with Gasteiger partial charge in [0, 0.05) is 33.1 Å². The summed E-state index contributed by atoms with van der Waals surface area (Å²) in [5.41, 5.74) is 3.56. The van der Waals surface area contributed by atoms with Crippen LogP contribution in [0.3, 0.4) is 0 Å². The molecule has 3 rings (SSSR count). The van der Waals surface area contributed by atoms with Gasteiger partial charge in [-0.2, -0.15) is 0 Å². The highest BCUT2D eigenvalue weighted by atomic mass is 32.1. The summed E-state index contributed by atoms with van der Waals surface area (Å²) >= 11 is 1.86. The highest BCUT2D eigenvalue weighted by Crippen LogP contribution is 2.30. The zero-order chi connectivity index (χ0) is 14.1. The number of nitrogens with one attached hydrogen (secondary N) is 1. The molecule has 0 aliphatic heterocycles. The van der Waals surface area contributed by atoms with Crippen LogP contribution >= 0.6 is 11.3 Å². The maximum absolute atomic E-state index is 4.41. The summed E-state index contributed by atoms with van der Waals surface area (Å²) in [7, 11) is 0. The van der Waals surface area contributed by atoms with Crippen LogP contribution in [0.25, 0.3) is 10.9 Å². The van der Waals surface area contributed by atoms with Crippen LogP contribution in [-0.2, 0) is 0 Å². The van der Waals surface area contributed by atoms with Crippen molar-refractivity contribution in [1.29, 1.82) is 0 Å². The minimum absolute atomic E-state index is 0.297. The SMILES string of the molecule is Cc1cc(C(C)Nc2ccnc3ccccc23)c(C)s1. The van der Waals surface area contributed by atoms with E-state index in [1.54, 1.807) is 0 Å². The highest BCUT2D eigenvalue weighted by Gasteiger charge is 2.12. The molecule has 1 atom stereocenters. The average Bonchev–Trinajstić information content (AvgIpc) is 2.78. The predicted octanol–water partition coefficient (Wildman–Crippen LogP) is 5.09. The second-order valence-corrected chi connectivity index (χ2v) is 6.57. The lowest BCUT2D eigenvalue weighted by Crippen LogP contribution is -2.07. The van der Waals surface area contributed by atoms with E-state index in [9.17, 15) is 0 Å². The van der Waals surface area contributed by atoms with Crippen molar-refractivity contribution in [3.05, 3.63) is 57.9 Å². The van der Waals surface area contributed by atoms with Crippen molar-refractivity contribution in [1.82, 2.24) is 4.98 Å². The fraction of sp³-hybridized carbons (Fsp3) is 0.235. The Morgan fingerprint density at radius 1 is 1.15 bits per heavy atom. The van der Waals surface area contributed by atoms with E-state index in [1.165, 1.54) is 20.7 Å². The molecular weight excluding hydrogens is 264 g/mol. The molecule has 1 aromatic carbocycles. The van der Waals surface area contributed by atoms with E-state index >= 15 is 0 Å². The Labute approximate surface area is 123 Å². The van der Waals surface area contributed by atoms with Crippen LogP contribution in [0.15, 0.2) is 42.6 Å². The first kappa shape index (κ1) is 13.1. The number of fused-ring (bicyclic) bond motifs is 1. The van der Waals surface area contributed by atoms with E-state index in [4.69, 9.17) is 0 Å². The molecule has 2 heterocycles. The molecule has 0 radical (unpaired) electrons. The molecule has 2 aromatic heterocycles. The maximum Gasteiger partial charge on any atom is 0.0722 e. The molecule has 20 heavy (non-hydrogen) atoms. The van der Waals surface area contributed by atoms with E-state index in [2.05, 4.69) is 49.3 Å². The summed E-state index contributed by atoms with van der Waals surface area (Å²) < 4.78 is 0. The zero-order valence-corrected chi connectivity index (χ0v) is 12.8. The maximum atomic E-state index is 4.41. The minimum Gasteiger partial charge on any atom is -0.378 e. The lowest BCUT2D eigenvalue weighted by molar-refractivity contribution is 0.883. The van der Waals surface area contributed by atoms with Crippen molar-refractivity contribution < 1.29 is 0 Å². The Morgan fingerprint density at radius 2 is 1.95 bits per heavy atom. The topological polar surface area (TPSA) is 24.9 Å². The Kier molecular flexibility index (Phi) is 3.45. The standard InChI is InChI=1S/C17H18N2S/c1-11-10-15(13(3)20-11)12(2)19-17-8-9-18-16-7-5-4-6-14(16)17/h4-10,12H,1-3H3,(H,18,19). The van der Waals surface area contributed by atoms with Gasteiger partial charge in [-0.05, 0) is 44.5 Å². The first-order chi connectivity index (χ1) is 9.65. The number of aryl methyl sites for hydroxylation is 2. The van der Waals surface area contributed by atoms with Gasteiger partial charge in [0.25, 0.3) is 0 Å². The quantitative estimate of drug-likeness (QED) is 0.724. The molecule has 0 fully saturated rings. The number of benzene rings is 1. The first-order valence-electron chi connectivity index (χ1n) is 6.82. The normalized spacial score (nSPS) is 12.6. The molecule has 0 amide bonds. The molecule has 0 saturated carbocycles. The number of hydrogen-bond donors (Lipinski definition) is 1. The third-order valence-electron chi connectivity index (χ3n) is 3.57. The third-order valence-corrected chi connectivity index (χ3v) is 4.55. The number of nitrogens with zero attached hydrogens (tertiary/aromatic N) is 1. The van der Waals surface area contributed by atoms with Crippen LogP contribution in [0.5, 0.6) is 0 Å². The van der Waals surface area contributed by atoms with Gasteiger partial charge in [-0.15, -0.1) is 11.3 Å². The lowest BCUT2D eigenvalue weighted by Gasteiger charge is -2.16. The summed E-state index contributed by atoms with van der Waals surface area (Å²) in [4.78, 5) is 7.16. The molecule has 102 valence electrons. The predicted molar refractivity (Wildman–Crippen MR) is 87.6 cm³/mol. The van der Waals surface area contributed by atoms with Crippen molar-refractivity contribution >= 4 is 27.9 Å². The Hall–Kier alpha value is -1.87. The molecule has 3 heteroatoms. The average molecular weight is 282 g/mol. The molecule has 0 aliphatic rings. The van der Waals surface area contributed by atoms with Crippen LogP contribution in [0.2, 0.25) is 0 Å². The number of thiophene rings is 1. The van der Waals surface area contributed by atoms with Gasteiger partial charge in [0.2, 0.25) is 0 Å². The molecule has 2 nitrogen and oxygen atoms in total. The van der Waals surface area contributed by atoms with Gasteiger partial charge in [0.1, 0.15) is 0 Å². The van der Waals surface area contributed by atoms with Crippen molar-refractivity contribution in [2.45, 2.75) is 26.8 Å². The number of rotatable bonds is 3. The van der Waals surface area contributed by atoms with Gasteiger partial charge in [0.05, 0.1) is 5.52 Å². The van der Waals surface area contributed by atoms with Gasteiger partial charge in [0.15, 0.2) is 0 Å². The van der Waals surface area contributed by atoms with Crippen molar-refractivity contribution in [3.8, 4) is 0 Å². The first-order valence-corrected chi connectivity index (χ1v) is 7.64. The van der Waals surface area contributed by atoms with Crippen molar-refractivity contribution in [2.75, 3.05) is 5.32 Å². The Balaban J connectivity index is 1.95. The number of hydrogen-bond acceptors (Lipinski definition) is 3. The van der Waals surface area contributed by atoms with E-state index in [1.807, 2.05) is 35.7 Å². The van der Waals surface area contributed by atoms with Crippen LogP contribution in [0.4, 0.5) is 5.69 Å². The molecular formula is C17H18N2S.